The summed E-state index contributed by atoms with van der Waals surface area (Å²) in [5.41, 5.74) is -0.476. The number of carbonyl (C=O) groups excluding carboxylic acids is 2. The van der Waals surface area contributed by atoms with Gasteiger partial charge in [-0.25, -0.2) is 8.78 Å². The quantitative estimate of drug-likeness (QED) is 0.857. The average molecular weight is 298 g/mol. The number of hydrogen-bond acceptors (Lipinski definition) is 4. The van der Waals surface area contributed by atoms with Crippen LogP contribution >= 0.6 is 0 Å². The van der Waals surface area contributed by atoms with Crippen LogP contribution in [-0.4, -0.2) is 43.0 Å². The molecule has 1 fully saturated rings. The van der Waals surface area contributed by atoms with Gasteiger partial charge >= 0.3 is 5.97 Å². The number of rotatable bonds is 4. The topological polar surface area (TPSA) is 58.6 Å². The van der Waals surface area contributed by atoms with Gasteiger partial charge in [-0.05, 0) is 31.5 Å². The number of likely N-dealkylation sites (tertiary alicyclic amines) is 1. The molecule has 1 saturated heterocycles. The third-order valence-corrected chi connectivity index (χ3v) is 3.41. The Balaban J connectivity index is 2.00. The van der Waals surface area contributed by atoms with Gasteiger partial charge in [-0.15, -0.1) is 0 Å². The van der Waals surface area contributed by atoms with Crippen LogP contribution in [0.5, 0.6) is 0 Å². The van der Waals surface area contributed by atoms with Crippen LogP contribution in [0.2, 0.25) is 0 Å². The van der Waals surface area contributed by atoms with E-state index in [0.29, 0.717) is 13.0 Å². The van der Waals surface area contributed by atoms with Crippen LogP contribution < -0.4 is 5.32 Å². The minimum Gasteiger partial charge on any atom is -0.468 e. The smallest absolute Gasteiger partial charge is 0.323 e. The van der Waals surface area contributed by atoms with Gasteiger partial charge in [0.15, 0.2) is 0 Å². The molecule has 0 aromatic heterocycles. The summed E-state index contributed by atoms with van der Waals surface area (Å²) in [6.45, 7) is 0.445. The van der Waals surface area contributed by atoms with Crippen molar-refractivity contribution in [2.45, 2.75) is 18.9 Å². The van der Waals surface area contributed by atoms with E-state index < -0.39 is 35.2 Å². The number of methoxy groups -OCH3 is 1. The molecule has 1 aromatic carbocycles. The molecule has 1 aromatic rings. The zero-order valence-corrected chi connectivity index (χ0v) is 11.6. The highest BCUT2D eigenvalue weighted by Gasteiger charge is 2.32. The molecule has 1 atom stereocenters. The molecule has 1 amide bonds. The summed E-state index contributed by atoms with van der Waals surface area (Å²) in [4.78, 5) is 25.1. The van der Waals surface area contributed by atoms with E-state index in [-0.39, 0.29) is 6.54 Å². The van der Waals surface area contributed by atoms with Crippen LogP contribution in [0.4, 0.5) is 14.5 Å². The fourth-order valence-corrected chi connectivity index (χ4v) is 2.40. The first-order valence-corrected chi connectivity index (χ1v) is 6.58. The van der Waals surface area contributed by atoms with Crippen molar-refractivity contribution in [3.05, 3.63) is 29.8 Å². The largest absolute Gasteiger partial charge is 0.468 e. The molecule has 1 heterocycles. The van der Waals surface area contributed by atoms with Crippen molar-refractivity contribution in [3.63, 3.8) is 0 Å². The Morgan fingerprint density at radius 3 is 2.67 bits per heavy atom. The number of anilines is 1. The molecule has 0 bridgehead atoms. The molecular formula is C14H16F2N2O3. The van der Waals surface area contributed by atoms with E-state index in [1.807, 2.05) is 0 Å². The maximum atomic E-state index is 13.4. The number of nitrogens with one attached hydrogen (secondary N) is 1. The first-order valence-electron chi connectivity index (χ1n) is 6.58. The summed E-state index contributed by atoms with van der Waals surface area (Å²) < 4.78 is 31.6. The number of carbonyl (C=O) groups is 2. The highest BCUT2D eigenvalue weighted by Crippen LogP contribution is 2.20. The average Bonchev–Trinajstić information content (AvgIpc) is 2.90. The van der Waals surface area contributed by atoms with Gasteiger partial charge in [0.1, 0.15) is 23.4 Å². The molecule has 1 unspecified atom stereocenters. The highest BCUT2D eigenvalue weighted by molar-refractivity contribution is 5.93. The van der Waals surface area contributed by atoms with Crippen molar-refractivity contribution < 1.29 is 23.1 Å². The fourth-order valence-electron chi connectivity index (χ4n) is 2.40. The minimum absolute atomic E-state index is 0.118. The summed E-state index contributed by atoms with van der Waals surface area (Å²) in [5, 5.41) is 2.20. The van der Waals surface area contributed by atoms with Gasteiger partial charge in [0.2, 0.25) is 5.91 Å². The first kappa shape index (κ1) is 15.4. The highest BCUT2D eigenvalue weighted by atomic mass is 19.1. The van der Waals surface area contributed by atoms with E-state index >= 15 is 0 Å². The zero-order valence-electron chi connectivity index (χ0n) is 11.6. The van der Waals surface area contributed by atoms with E-state index in [2.05, 4.69) is 10.1 Å². The molecule has 0 aliphatic carbocycles. The Labute approximate surface area is 120 Å². The van der Waals surface area contributed by atoms with Crippen molar-refractivity contribution in [1.29, 1.82) is 0 Å². The monoisotopic (exact) mass is 298 g/mol. The summed E-state index contributed by atoms with van der Waals surface area (Å²) in [5.74, 6) is -2.66. The Kier molecular flexibility index (Phi) is 4.85. The summed E-state index contributed by atoms with van der Waals surface area (Å²) in [6.07, 6.45) is 1.37. The molecule has 0 saturated carbocycles. The maximum Gasteiger partial charge on any atom is 0.323 e. The number of amides is 1. The van der Waals surface area contributed by atoms with Gasteiger partial charge in [0.25, 0.3) is 0 Å². The lowest BCUT2D eigenvalue weighted by Crippen LogP contribution is -2.41. The number of hydrogen-bond donors (Lipinski definition) is 1. The van der Waals surface area contributed by atoms with Crippen molar-refractivity contribution in [1.82, 2.24) is 4.90 Å². The molecular weight excluding hydrogens is 282 g/mol. The van der Waals surface area contributed by atoms with Crippen molar-refractivity contribution in [3.8, 4) is 0 Å². The lowest BCUT2D eigenvalue weighted by molar-refractivity contribution is -0.146. The third-order valence-electron chi connectivity index (χ3n) is 3.41. The molecule has 0 spiro atoms. The second-order valence-corrected chi connectivity index (χ2v) is 4.80. The van der Waals surface area contributed by atoms with E-state index in [4.69, 9.17) is 0 Å². The normalized spacial score (nSPS) is 18.5. The van der Waals surface area contributed by atoms with E-state index in [1.54, 1.807) is 4.90 Å². The summed E-state index contributed by atoms with van der Waals surface area (Å²) >= 11 is 0. The SMILES string of the molecule is COC(=O)C1CCCN1CC(=O)Nc1c(F)cccc1F. The number of nitrogens with zero attached hydrogens (tertiary/aromatic N) is 1. The molecule has 1 aliphatic heterocycles. The van der Waals surface area contributed by atoms with E-state index in [9.17, 15) is 18.4 Å². The number of halogens is 2. The van der Waals surface area contributed by atoms with Gasteiger partial charge in [-0.3, -0.25) is 14.5 Å². The standard InChI is InChI=1S/C14H16F2N2O3/c1-21-14(20)11-6-3-7-18(11)8-12(19)17-13-9(15)4-2-5-10(13)16/h2,4-5,11H,3,6-8H2,1H3,(H,17,19). The fraction of sp³-hybridized carbons (Fsp3) is 0.429. The Hall–Kier alpha value is -2.02. The predicted octanol–water partition coefficient (Wildman–Crippen LogP) is 1.54. The van der Waals surface area contributed by atoms with Crippen molar-refractivity contribution in [2.75, 3.05) is 25.5 Å². The van der Waals surface area contributed by atoms with Gasteiger partial charge in [-0.1, -0.05) is 6.07 Å². The van der Waals surface area contributed by atoms with Crippen LogP contribution in [0.15, 0.2) is 18.2 Å². The molecule has 21 heavy (non-hydrogen) atoms. The molecule has 1 N–H and O–H groups in total. The zero-order chi connectivity index (χ0) is 15.4. The lowest BCUT2D eigenvalue weighted by Gasteiger charge is -2.21. The maximum absolute atomic E-state index is 13.4. The van der Waals surface area contributed by atoms with Crippen molar-refractivity contribution >= 4 is 17.6 Å². The van der Waals surface area contributed by atoms with Crippen LogP contribution in [0, 0.1) is 11.6 Å². The molecule has 5 nitrogen and oxygen atoms in total. The number of benzene rings is 1. The minimum atomic E-state index is -0.839. The Morgan fingerprint density at radius 2 is 2.05 bits per heavy atom. The molecule has 7 heteroatoms. The summed E-state index contributed by atoms with van der Waals surface area (Å²) in [7, 11) is 1.29. The number of ether oxygens (including phenoxy) is 1. The van der Waals surface area contributed by atoms with Gasteiger partial charge in [0.05, 0.1) is 13.7 Å². The predicted molar refractivity (Wildman–Crippen MR) is 71.6 cm³/mol. The Bertz CT molecular complexity index is 531. The Morgan fingerprint density at radius 1 is 1.38 bits per heavy atom. The second-order valence-electron chi connectivity index (χ2n) is 4.80. The number of esters is 1. The molecule has 0 radical (unpaired) electrons. The van der Waals surface area contributed by atoms with Gasteiger partial charge < -0.3 is 10.1 Å². The molecule has 1 aliphatic rings. The molecule has 2 rings (SSSR count). The number of para-hydroxylation sites is 1. The van der Waals surface area contributed by atoms with E-state index in [1.165, 1.54) is 13.2 Å². The second kappa shape index (κ2) is 6.62. The van der Waals surface area contributed by atoms with Gasteiger partial charge in [-0.2, -0.15) is 0 Å². The van der Waals surface area contributed by atoms with E-state index in [0.717, 1.165) is 18.6 Å². The van der Waals surface area contributed by atoms with Crippen LogP contribution in [0.25, 0.3) is 0 Å². The van der Waals surface area contributed by atoms with Crippen molar-refractivity contribution in [2.24, 2.45) is 0 Å². The molecule has 114 valence electrons. The van der Waals surface area contributed by atoms with Gasteiger partial charge in [0, 0.05) is 0 Å². The van der Waals surface area contributed by atoms with Crippen LogP contribution in [0.3, 0.4) is 0 Å². The first-order chi connectivity index (χ1) is 10.0. The summed E-state index contributed by atoms with van der Waals surface area (Å²) in [6, 6.07) is 2.86. The third kappa shape index (κ3) is 3.55. The van der Waals surface area contributed by atoms with Crippen LogP contribution in [-0.2, 0) is 14.3 Å². The van der Waals surface area contributed by atoms with Crippen LogP contribution in [0.1, 0.15) is 12.8 Å². The lowest BCUT2D eigenvalue weighted by atomic mass is 10.2.